The lowest BCUT2D eigenvalue weighted by Gasteiger charge is -2.09. The number of hydrogen-bond acceptors (Lipinski definition) is 4. The van der Waals surface area contributed by atoms with E-state index in [9.17, 15) is 4.79 Å². The number of carbonyl (C=O) groups is 1. The maximum Gasteiger partial charge on any atom is 0.257 e. The molecule has 4 aromatic rings. The van der Waals surface area contributed by atoms with Crippen molar-refractivity contribution in [3.8, 4) is 11.3 Å². The number of rotatable bonds is 4. The van der Waals surface area contributed by atoms with Gasteiger partial charge in [0.1, 0.15) is 5.82 Å². The minimum absolute atomic E-state index is 0.224. The molecule has 3 aromatic heterocycles. The van der Waals surface area contributed by atoms with Crippen LogP contribution >= 0.6 is 0 Å². The molecule has 6 nitrogen and oxygen atoms in total. The van der Waals surface area contributed by atoms with Gasteiger partial charge in [-0.1, -0.05) is 35.9 Å². The molecular weight excluding hydrogens is 350 g/mol. The van der Waals surface area contributed by atoms with Crippen LogP contribution in [-0.2, 0) is 6.54 Å². The highest BCUT2D eigenvalue weighted by molar-refractivity contribution is 6.13. The molecule has 0 saturated carbocycles. The third-order valence-corrected chi connectivity index (χ3v) is 4.68. The number of anilines is 1. The van der Waals surface area contributed by atoms with Gasteiger partial charge in [-0.2, -0.15) is 5.10 Å². The van der Waals surface area contributed by atoms with E-state index in [0.717, 1.165) is 22.3 Å². The molecule has 0 radical (unpaired) electrons. The summed E-state index contributed by atoms with van der Waals surface area (Å²) in [6.45, 7) is 6.64. The van der Waals surface area contributed by atoms with Crippen LogP contribution in [0.2, 0.25) is 0 Å². The summed E-state index contributed by atoms with van der Waals surface area (Å²) < 4.78 is 1.83. The van der Waals surface area contributed by atoms with E-state index in [0.29, 0.717) is 23.6 Å². The van der Waals surface area contributed by atoms with Gasteiger partial charge in [0.05, 0.1) is 22.3 Å². The Bertz CT molecular complexity index is 1150. The minimum Gasteiger partial charge on any atom is -0.307 e. The molecule has 6 heteroatoms. The number of hydrogen-bond donors (Lipinski definition) is 1. The second-order valence-electron chi connectivity index (χ2n) is 6.69. The van der Waals surface area contributed by atoms with E-state index in [1.807, 2.05) is 67.9 Å². The molecule has 0 aliphatic carbocycles. The highest BCUT2D eigenvalue weighted by Gasteiger charge is 2.20. The Kier molecular flexibility index (Phi) is 4.61. The van der Waals surface area contributed by atoms with Crippen molar-refractivity contribution in [1.29, 1.82) is 0 Å². The van der Waals surface area contributed by atoms with E-state index in [4.69, 9.17) is 4.98 Å². The molecule has 28 heavy (non-hydrogen) atoms. The predicted octanol–water partition coefficient (Wildman–Crippen LogP) is 4.38. The fourth-order valence-electron chi connectivity index (χ4n) is 3.25. The summed E-state index contributed by atoms with van der Waals surface area (Å²) in [6.07, 6.45) is 1.65. The normalized spacial score (nSPS) is 11.0. The zero-order chi connectivity index (χ0) is 19.7. The van der Waals surface area contributed by atoms with Crippen molar-refractivity contribution in [1.82, 2.24) is 19.7 Å². The highest BCUT2D eigenvalue weighted by atomic mass is 16.1. The maximum absolute atomic E-state index is 13.1. The molecule has 1 aromatic carbocycles. The van der Waals surface area contributed by atoms with Crippen LogP contribution in [-0.4, -0.2) is 25.7 Å². The molecule has 0 aliphatic heterocycles. The molecule has 0 saturated heterocycles. The molecule has 0 fully saturated rings. The first-order valence-electron chi connectivity index (χ1n) is 9.24. The summed E-state index contributed by atoms with van der Waals surface area (Å²) in [7, 11) is 0. The summed E-state index contributed by atoms with van der Waals surface area (Å²) >= 11 is 0. The molecule has 140 valence electrons. The van der Waals surface area contributed by atoms with E-state index >= 15 is 0 Å². The second-order valence-corrected chi connectivity index (χ2v) is 6.69. The van der Waals surface area contributed by atoms with Crippen molar-refractivity contribution >= 4 is 22.8 Å². The Morgan fingerprint density at radius 2 is 1.89 bits per heavy atom. The van der Waals surface area contributed by atoms with Gasteiger partial charge in [-0.05, 0) is 39.0 Å². The third kappa shape index (κ3) is 3.24. The van der Waals surface area contributed by atoms with E-state index in [1.54, 1.807) is 12.3 Å². The van der Waals surface area contributed by atoms with Gasteiger partial charge < -0.3 is 5.32 Å². The van der Waals surface area contributed by atoms with Gasteiger partial charge >= 0.3 is 0 Å². The number of pyridine rings is 2. The van der Waals surface area contributed by atoms with E-state index in [-0.39, 0.29) is 5.91 Å². The van der Waals surface area contributed by atoms with E-state index in [2.05, 4.69) is 15.4 Å². The molecule has 0 spiro atoms. The summed E-state index contributed by atoms with van der Waals surface area (Å²) in [4.78, 5) is 22.1. The Morgan fingerprint density at radius 1 is 1.11 bits per heavy atom. The number of carbonyl (C=O) groups excluding carboxylic acids is 1. The summed E-state index contributed by atoms with van der Waals surface area (Å²) in [6, 6.07) is 15.4. The number of benzene rings is 1. The largest absolute Gasteiger partial charge is 0.307 e. The lowest BCUT2D eigenvalue weighted by atomic mass is 10.0. The summed E-state index contributed by atoms with van der Waals surface area (Å²) in [5.41, 5.74) is 4.92. The zero-order valence-corrected chi connectivity index (χ0v) is 16.1. The minimum atomic E-state index is -0.224. The van der Waals surface area contributed by atoms with Crippen LogP contribution in [0.4, 0.5) is 5.82 Å². The summed E-state index contributed by atoms with van der Waals surface area (Å²) in [5, 5.41) is 8.21. The van der Waals surface area contributed by atoms with Crippen LogP contribution in [0.15, 0.2) is 54.7 Å². The number of nitrogens with zero attached hydrogens (tertiary/aromatic N) is 4. The smallest absolute Gasteiger partial charge is 0.257 e. The molecule has 4 rings (SSSR count). The molecular formula is C22H21N5O. The van der Waals surface area contributed by atoms with Crippen LogP contribution in [0.1, 0.15) is 28.5 Å². The quantitative estimate of drug-likeness (QED) is 0.578. The van der Waals surface area contributed by atoms with Crippen molar-refractivity contribution in [3.05, 3.63) is 71.5 Å². The van der Waals surface area contributed by atoms with Crippen LogP contribution in [0.5, 0.6) is 0 Å². The highest BCUT2D eigenvalue weighted by Crippen LogP contribution is 2.28. The van der Waals surface area contributed by atoms with Crippen LogP contribution < -0.4 is 5.32 Å². The fraction of sp³-hybridized carbons (Fsp3) is 0.182. The van der Waals surface area contributed by atoms with Crippen molar-refractivity contribution in [2.75, 3.05) is 5.32 Å². The topological polar surface area (TPSA) is 72.7 Å². The maximum atomic E-state index is 13.1. The Labute approximate surface area is 163 Å². The fourth-order valence-corrected chi connectivity index (χ4v) is 3.25. The molecule has 0 unspecified atom stereocenters. The predicted molar refractivity (Wildman–Crippen MR) is 110 cm³/mol. The number of nitrogens with one attached hydrogen (secondary N) is 1. The molecule has 1 N–H and O–H groups in total. The summed E-state index contributed by atoms with van der Waals surface area (Å²) in [5.74, 6) is 0.285. The van der Waals surface area contributed by atoms with Gasteiger partial charge in [0.2, 0.25) is 0 Å². The second kappa shape index (κ2) is 7.23. The number of fused-ring (bicyclic) bond motifs is 1. The lowest BCUT2D eigenvalue weighted by molar-refractivity contribution is 0.102. The van der Waals surface area contributed by atoms with Gasteiger partial charge in [0.15, 0.2) is 5.65 Å². The molecule has 1 amide bonds. The molecule has 0 atom stereocenters. The van der Waals surface area contributed by atoms with Crippen molar-refractivity contribution < 1.29 is 4.79 Å². The monoisotopic (exact) mass is 371 g/mol. The first kappa shape index (κ1) is 17.9. The lowest BCUT2D eigenvalue weighted by Crippen LogP contribution is -2.14. The average molecular weight is 371 g/mol. The van der Waals surface area contributed by atoms with Crippen LogP contribution in [0.25, 0.3) is 22.3 Å². The number of amides is 1. The molecule has 0 aliphatic rings. The average Bonchev–Trinajstić information content (AvgIpc) is 3.04. The standard InChI is InChI=1S/C22H21N5O/c1-4-27-21-20(15(3)26-27)17(22(28)25-19-7-5-6-12-23-19)13-18(24-21)16-10-8-14(2)9-11-16/h5-13H,4H2,1-3H3,(H,23,25,28). The first-order chi connectivity index (χ1) is 13.6. The molecule has 3 heterocycles. The Balaban J connectivity index is 1.89. The van der Waals surface area contributed by atoms with E-state index in [1.165, 1.54) is 5.56 Å². The Morgan fingerprint density at radius 3 is 2.57 bits per heavy atom. The van der Waals surface area contributed by atoms with Gasteiger partial charge in [-0.3, -0.25) is 4.79 Å². The number of aromatic nitrogens is 4. The van der Waals surface area contributed by atoms with Gasteiger partial charge in [-0.15, -0.1) is 0 Å². The zero-order valence-electron chi connectivity index (χ0n) is 16.1. The van der Waals surface area contributed by atoms with Gasteiger partial charge in [0, 0.05) is 18.3 Å². The van der Waals surface area contributed by atoms with Crippen molar-refractivity contribution in [2.45, 2.75) is 27.3 Å². The van der Waals surface area contributed by atoms with E-state index < -0.39 is 0 Å². The number of aryl methyl sites for hydroxylation is 3. The SMILES string of the molecule is CCn1nc(C)c2c(C(=O)Nc3ccccn3)cc(-c3ccc(C)cc3)nc21. The Hall–Kier alpha value is -3.54. The van der Waals surface area contributed by atoms with Crippen LogP contribution in [0.3, 0.4) is 0 Å². The van der Waals surface area contributed by atoms with Gasteiger partial charge in [-0.25, -0.2) is 14.6 Å². The van der Waals surface area contributed by atoms with Gasteiger partial charge in [0.25, 0.3) is 5.91 Å². The van der Waals surface area contributed by atoms with Crippen molar-refractivity contribution in [3.63, 3.8) is 0 Å². The third-order valence-electron chi connectivity index (χ3n) is 4.68. The van der Waals surface area contributed by atoms with Crippen molar-refractivity contribution in [2.24, 2.45) is 0 Å². The molecule has 0 bridgehead atoms. The first-order valence-corrected chi connectivity index (χ1v) is 9.24. The van der Waals surface area contributed by atoms with Crippen LogP contribution in [0, 0.1) is 13.8 Å².